The largest absolute Gasteiger partial charge is 0.436 e. The van der Waals surface area contributed by atoms with E-state index in [4.69, 9.17) is 27.6 Å². The molecule has 1 heterocycles. The number of halogens is 2. The van der Waals surface area contributed by atoms with E-state index in [2.05, 4.69) is 36.3 Å². The summed E-state index contributed by atoms with van der Waals surface area (Å²) < 4.78 is 5.94. The zero-order chi connectivity index (χ0) is 21.3. The summed E-state index contributed by atoms with van der Waals surface area (Å²) in [6.45, 7) is 4.36. The first-order chi connectivity index (χ1) is 14.4. The van der Waals surface area contributed by atoms with Crippen LogP contribution in [0.2, 0.25) is 10.0 Å². The number of benzene rings is 3. The summed E-state index contributed by atoms with van der Waals surface area (Å²) in [7, 11) is 0. The molecule has 6 heteroatoms. The van der Waals surface area contributed by atoms with E-state index in [0.717, 1.165) is 23.1 Å². The van der Waals surface area contributed by atoms with Crippen LogP contribution in [0, 0.1) is 0 Å². The maximum atomic E-state index is 12.6. The number of carbonyl (C=O) groups is 1. The molecule has 1 unspecified atom stereocenters. The van der Waals surface area contributed by atoms with Crippen LogP contribution >= 0.6 is 23.2 Å². The number of aromatic nitrogens is 1. The Morgan fingerprint density at radius 3 is 2.73 bits per heavy atom. The van der Waals surface area contributed by atoms with E-state index >= 15 is 0 Å². The van der Waals surface area contributed by atoms with Gasteiger partial charge in [0.2, 0.25) is 5.89 Å². The van der Waals surface area contributed by atoms with Crippen LogP contribution in [0.25, 0.3) is 22.6 Å². The number of hydrogen-bond acceptors (Lipinski definition) is 3. The Balaban J connectivity index is 1.61. The van der Waals surface area contributed by atoms with E-state index in [0.29, 0.717) is 33.1 Å². The minimum absolute atomic E-state index is 0.314. The lowest BCUT2D eigenvalue weighted by Gasteiger charge is -2.08. The van der Waals surface area contributed by atoms with Gasteiger partial charge in [0, 0.05) is 16.3 Å². The zero-order valence-corrected chi connectivity index (χ0v) is 18.1. The van der Waals surface area contributed by atoms with Gasteiger partial charge in [0.25, 0.3) is 5.91 Å². The molecule has 4 nitrogen and oxygen atoms in total. The fourth-order valence-corrected chi connectivity index (χ4v) is 3.59. The topological polar surface area (TPSA) is 55.1 Å². The summed E-state index contributed by atoms with van der Waals surface area (Å²) in [6.07, 6.45) is 1.06. The van der Waals surface area contributed by atoms with Gasteiger partial charge in [-0.1, -0.05) is 49.2 Å². The summed E-state index contributed by atoms with van der Waals surface area (Å²) in [5.41, 5.74) is 4.49. The molecule has 4 aromatic rings. The van der Waals surface area contributed by atoms with E-state index in [-0.39, 0.29) is 5.91 Å². The van der Waals surface area contributed by atoms with Crippen LogP contribution in [0.15, 0.2) is 65.1 Å². The summed E-state index contributed by atoms with van der Waals surface area (Å²) in [5.74, 6) is 0.630. The molecule has 0 aliphatic heterocycles. The molecule has 0 aliphatic rings. The Kier molecular flexibility index (Phi) is 5.80. The minimum Gasteiger partial charge on any atom is -0.436 e. The van der Waals surface area contributed by atoms with E-state index in [1.165, 1.54) is 5.56 Å². The number of hydrogen-bond donors (Lipinski definition) is 1. The van der Waals surface area contributed by atoms with Gasteiger partial charge >= 0.3 is 0 Å². The Morgan fingerprint density at radius 2 is 1.93 bits per heavy atom. The first kappa shape index (κ1) is 20.5. The Hall–Kier alpha value is -2.82. The molecule has 3 aromatic carbocycles. The highest BCUT2D eigenvalue weighted by Crippen LogP contribution is 2.29. The van der Waals surface area contributed by atoms with Gasteiger partial charge in [0.15, 0.2) is 5.58 Å². The van der Waals surface area contributed by atoms with Crippen molar-refractivity contribution in [1.82, 2.24) is 4.98 Å². The van der Waals surface area contributed by atoms with E-state index in [1.54, 1.807) is 24.3 Å². The molecule has 4 rings (SSSR count). The van der Waals surface area contributed by atoms with Gasteiger partial charge in [-0.15, -0.1) is 0 Å². The second-order valence-electron chi connectivity index (χ2n) is 7.21. The first-order valence-electron chi connectivity index (χ1n) is 9.72. The van der Waals surface area contributed by atoms with Gasteiger partial charge < -0.3 is 9.73 Å². The number of anilines is 1. The predicted octanol–water partition coefficient (Wildman–Crippen LogP) is 7.57. The van der Waals surface area contributed by atoms with Crippen LogP contribution in [-0.4, -0.2) is 10.9 Å². The van der Waals surface area contributed by atoms with Crippen LogP contribution < -0.4 is 5.32 Å². The van der Waals surface area contributed by atoms with Crippen molar-refractivity contribution >= 4 is 45.9 Å². The summed E-state index contributed by atoms with van der Waals surface area (Å²) in [5, 5.41) is 3.63. The third-order valence-electron chi connectivity index (χ3n) is 5.13. The van der Waals surface area contributed by atoms with Crippen LogP contribution in [-0.2, 0) is 0 Å². The van der Waals surface area contributed by atoms with Crippen molar-refractivity contribution < 1.29 is 9.21 Å². The van der Waals surface area contributed by atoms with Crippen molar-refractivity contribution in [3.63, 3.8) is 0 Å². The Morgan fingerprint density at radius 1 is 1.10 bits per heavy atom. The maximum Gasteiger partial charge on any atom is 0.257 e. The summed E-state index contributed by atoms with van der Waals surface area (Å²) >= 11 is 12.1. The van der Waals surface area contributed by atoms with Crippen LogP contribution in [0.4, 0.5) is 5.69 Å². The zero-order valence-electron chi connectivity index (χ0n) is 16.6. The molecule has 0 aliphatic carbocycles. The number of carbonyl (C=O) groups excluding carboxylic acids is 1. The summed E-state index contributed by atoms with van der Waals surface area (Å²) in [6, 6.07) is 18.2. The predicted molar refractivity (Wildman–Crippen MR) is 123 cm³/mol. The standard InChI is InChI=1S/C24H20Cl2N2O2/c1-3-14(2)15-7-10-22-21(12-15)28-24(30-22)16-5-4-6-18(11-16)27-23(29)19-13-17(25)8-9-20(19)26/h4-14H,3H2,1-2H3,(H,27,29). The molecule has 0 fully saturated rings. The van der Waals surface area contributed by atoms with Crippen molar-refractivity contribution in [2.24, 2.45) is 0 Å². The molecular weight excluding hydrogens is 419 g/mol. The number of amides is 1. The van der Waals surface area contributed by atoms with Crippen LogP contribution in [0.1, 0.15) is 42.1 Å². The van der Waals surface area contributed by atoms with Gasteiger partial charge in [-0.2, -0.15) is 0 Å². The van der Waals surface area contributed by atoms with Crippen molar-refractivity contribution in [3.8, 4) is 11.5 Å². The van der Waals surface area contributed by atoms with E-state index in [9.17, 15) is 4.79 Å². The van der Waals surface area contributed by atoms with Gasteiger partial charge in [0.05, 0.1) is 10.6 Å². The molecule has 0 radical (unpaired) electrons. The van der Waals surface area contributed by atoms with Gasteiger partial charge in [-0.05, 0) is 66.4 Å². The van der Waals surface area contributed by atoms with E-state index in [1.807, 2.05) is 24.3 Å². The van der Waals surface area contributed by atoms with Crippen molar-refractivity contribution in [1.29, 1.82) is 0 Å². The Labute approximate surface area is 184 Å². The molecule has 0 saturated heterocycles. The smallest absolute Gasteiger partial charge is 0.257 e. The lowest BCUT2D eigenvalue weighted by molar-refractivity contribution is 0.102. The maximum absolute atomic E-state index is 12.6. The third kappa shape index (κ3) is 4.20. The number of nitrogens with one attached hydrogen (secondary N) is 1. The van der Waals surface area contributed by atoms with Crippen LogP contribution in [0.5, 0.6) is 0 Å². The first-order valence-corrected chi connectivity index (χ1v) is 10.5. The van der Waals surface area contributed by atoms with Crippen molar-refractivity contribution in [2.75, 3.05) is 5.32 Å². The monoisotopic (exact) mass is 438 g/mol. The lowest BCUT2D eigenvalue weighted by atomic mass is 9.98. The second kappa shape index (κ2) is 8.50. The molecule has 1 atom stereocenters. The lowest BCUT2D eigenvalue weighted by Crippen LogP contribution is -2.12. The molecule has 0 spiro atoms. The molecule has 1 N–H and O–H groups in total. The van der Waals surface area contributed by atoms with Crippen molar-refractivity contribution in [3.05, 3.63) is 81.8 Å². The normalized spacial score (nSPS) is 12.1. The molecule has 1 aromatic heterocycles. The average Bonchev–Trinajstić information content (AvgIpc) is 3.18. The highest BCUT2D eigenvalue weighted by molar-refractivity contribution is 6.36. The SMILES string of the molecule is CCC(C)c1ccc2oc(-c3cccc(NC(=O)c4cc(Cl)ccc4Cl)c3)nc2c1. The number of rotatable bonds is 5. The minimum atomic E-state index is -0.338. The molecule has 1 amide bonds. The van der Waals surface area contributed by atoms with Gasteiger partial charge in [-0.3, -0.25) is 4.79 Å². The number of nitrogens with zero attached hydrogens (tertiary/aromatic N) is 1. The van der Waals surface area contributed by atoms with E-state index < -0.39 is 0 Å². The average molecular weight is 439 g/mol. The second-order valence-corrected chi connectivity index (χ2v) is 8.06. The fourth-order valence-electron chi connectivity index (χ4n) is 3.21. The Bertz CT molecular complexity index is 1230. The highest BCUT2D eigenvalue weighted by atomic mass is 35.5. The van der Waals surface area contributed by atoms with Crippen LogP contribution in [0.3, 0.4) is 0 Å². The third-order valence-corrected chi connectivity index (χ3v) is 5.70. The molecular formula is C24H20Cl2N2O2. The number of oxazole rings is 1. The summed E-state index contributed by atoms with van der Waals surface area (Å²) in [4.78, 5) is 17.3. The number of fused-ring (bicyclic) bond motifs is 1. The molecule has 152 valence electrons. The highest BCUT2D eigenvalue weighted by Gasteiger charge is 2.14. The van der Waals surface area contributed by atoms with Gasteiger partial charge in [0.1, 0.15) is 5.52 Å². The molecule has 0 bridgehead atoms. The molecule has 0 saturated carbocycles. The molecule has 30 heavy (non-hydrogen) atoms. The van der Waals surface area contributed by atoms with Gasteiger partial charge in [-0.25, -0.2) is 4.98 Å². The fraction of sp³-hybridized carbons (Fsp3) is 0.167. The quantitative estimate of drug-likeness (QED) is 0.349. The van der Waals surface area contributed by atoms with Crippen molar-refractivity contribution in [2.45, 2.75) is 26.2 Å².